The average Bonchev–Trinajstić information content (AvgIpc) is 2.23. The van der Waals surface area contributed by atoms with Gasteiger partial charge in [-0.1, -0.05) is 29.3 Å². The number of hydrogen-bond donors (Lipinski definition) is 1. The maximum Gasteiger partial charge on any atom is 0.0910 e. The highest BCUT2D eigenvalue weighted by molar-refractivity contribution is 6.45. The Labute approximate surface area is 97.5 Å². The lowest BCUT2D eigenvalue weighted by Gasteiger charge is -2.07. The number of aromatic nitrogens is 1. The number of pyridine rings is 1. The van der Waals surface area contributed by atoms with Crippen molar-refractivity contribution in [1.29, 1.82) is 0 Å². The molecular weight excluding hydrogens is 233 g/mol. The Hall–Kier alpha value is -0.830. The standard InChI is InChI=1S/C11H9Cl2NO/c1-6-4-7(5-15)14-11-8(6)2-3-9(12)10(11)13/h2-4,15H,5H2,1H3. The van der Waals surface area contributed by atoms with E-state index in [1.807, 2.05) is 19.1 Å². The second-order valence-electron chi connectivity index (χ2n) is 3.35. The van der Waals surface area contributed by atoms with Gasteiger partial charge in [-0.15, -0.1) is 0 Å². The molecule has 0 fully saturated rings. The van der Waals surface area contributed by atoms with Crippen LogP contribution in [-0.2, 0) is 6.61 Å². The highest BCUT2D eigenvalue weighted by atomic mass is 35.5. The predicted octanol–water partition coefficient (Wildman–Crippen LogP) is 3.34. The summed E-state index contributed by atoms with van der Waals surface area (Å²) < 4.78 is 0. The smallest absolute Gasteiger partial charge is 0.0910 e. The summed E-state index contributed by atoms with van der Waals surface area (Å²) in [7, 11) is 0. The third-order valence-corrected chi connectivity index (χ3v) is 3.09. The molecule has 2 rings (SSSR count). The number of halogens is 2. The van der Waals surface area contributed by atoms with Crippen molar-refractivity contribution in [2.45, 2.75) is 13.5 Å². The van der Waals surface area contributed by atoms with Crippen LogP contribution < -0.4 is 0 Å². The number of fused-ring (bicyclic) bond motifs is 1. The van der Waals surface area contributed by atoms with Gasteiger partial charge in [0, 0.05) is 5.39 Å². The van der Waals surface area contributed by atoms with Gasteiger partial charge in [0.15, 0.2) is 0 Å². The number of benzene rings is 1. The molecule has 1 N–H and O–H groups in total. The molecule has 0 unspecified atom stereocenters. The molecule has 2 aromatic rings. The van der Waals surface area contributed by atoms with Gasteiger partial charge in [-0.25, -0.2) is 4.98 Å². The minimum absolute atomic E-state index is 0.0976. The fourth-order valence-electron chi connectivity index (χ4n) is 1.55. The first-order valence-corrected chi connectivity index (χ1v) is 5.24. The van der Waals surface area contributed by atoms with E-state index >= 15 is 0 Å². The fourth-order valence-corrected chi connectivity index (χ4v) is 1.91. The van der Waals surface area contributed by atoms with Crippen LogP contribution in [0.1, 0.15) is 11.3 Å². The molecule has 0 bridgehead atoms. The van der Waals surface area contributed by atoms with Crippen LogP contribution in [0.4, 0.5) is 0 Å². The zero-order chi connectivity index (χ0) is 11.0. The molecule has 0 saturated heterocycles. The summed E-state index contributed by atoms with van der Waals surface area (Å²) >= 11 is 12.0. The quantitative estimate of drug-likeness (QED) is 0.831. The largest absolute Gasteiger partial charge is 0.390 e. The Morgan fingerprint density at radius 1 is 1.33 bits per heavy atom. The van der Waals surface area contributed by atoms with Crippen LogP contribution in [0.5, 0.6) is 0 Å². The maximum atomic E-state index is 9.04. The summed E-state index contributed by atoms with van der Waals surface area (Å²) in [5.74, 6) is 0. The van der Waals surface area contributed by atoms with Crippen LogP contribution in [-0.4, -0.2) is 10.1 Å². The van der Waals surface area contributed by atoms with E-state index in [0.29, 0.717) is 21.3 Å². The van der Waals surface area contributed by atoms with Crippen molar-refractivity contribution in [2.24, 2.45) is 0 Å². The van der Waals surface area contributed by atoms with Crippen LogP contribution >= 0.6 is 23.2 Å². The molecule has 0 aliphatic carbocycles. The average molecular weight is 242 g/mol. The second kappa shape index (κ2) is 3.97. The lowest BCUT2D eigenvalue weighted by atomic mass is 10.1. The van der Waals surface area contributed by atoms with Crippen molar-refractivity contribution in [1.82, 2.24) is 4.98 Å². The highest BCUT2D eigenvalue weighted by Gasteiger charge is 2.08. The van der Waals surface area contributed by atoms with E-state index in [9.17, 15) is 0 Å². The molecule has 78 valence electrons. The van der Waals surface area contributed by atoms with Gasteiger partial charge in [0.1, 0.15) is 0 Å². The Morgan fingerprint density at radius 2 is 2.07 bits per heavy atom. The summed E-state index contributed by atoms with van der Waals surface area (Å²) in [6.07, 6.45) is 0. The fraction of sp³-hybridized carbons (Fsp3) is 0.182. The van der Waals surface area contributed by atoms with Crippen LogP contribution in [0.15, 0.2) is 18.2 Å². The monoisotopic (exact) mass is 241 g/mol. The van der Waals surface area contributed by atoms with Crippen molar-refractivity contribution in [2.75, 3.05) is 0 Å². The summed E-state index contributed by atoms with van der Waals surface area (Å²) in [6.45, 7) is 1.85. The highest BCUT2D eigenvalue weighted by Crippen LogP contribution is 2.31. The van der Waals surface area contributed by atoms with E-state index in [1.165, 1.54) is 0 Å². The molecule has 0 atom stereocenters. The molecule has 4 heteroatoms. The van der Waals surface area contributed by atoms with Gasteiger partial charge in [-0.3, -0.25) is 0 Å². The lowest BCUT2D eigenvalue weighted by Crippen LogP contribution is -1.93. The third-order valence-electron chi connectivity index (χ3n) is 2.29. The van der Waals surface area contributed by atoms with E-state index in [1.54, 1.807) is 6.07 Å². The molecule has 0 radical (unpaired) electrons. The van der Waals surface area contributed by atoms with Gasteiger partial charge in [0.2, 0.25) is 0 Å². The van der Waals surface area contributed by atoms with Crippen molar-refractivity contribution in [3.63, 3.8) is 0 Å². The maximum absolute atomic E-state index is 9.04. The van der Waals surface area contributed by atoms with Gasteiger partial charge >= 0.3 is 0 Å². The molecule has 15 heavy (non-hydrogen) atoms. The summed E-state index contributed by atoms with van der Waals surface area (Å²) in [5, 5.41) is 10.9. The Bertz CT molecular complexity index is 525. The van der Waals surface area contributed by atoms with E-state index in [4.69, 9.17) is 28.3 Å². The summed E-state index contributed by atoms with van der Waals surface area (Å²) in [4.78, 5) is 4.25. The lowest BCUT2D eigenvalue weighted by molar-refractivity contribution is 0.277. The Balaban J connectivity index is 2.86. The number of aliphatic hydroxyl groups is 1. The molecule has 0 aliphatic heterocycles. The van der Waals surface area contributed by atoms with Crippen LogP contribution in [0.3, 0.4) is 0 Å². The Kier molecular flexibility index (Phi) is 2.83. The zero-order valence-corrected chi connectivity index (χ0v) is 9.60. The topological polar surface area (TPSA) is 33.1 Å². The minimum atomic E-state index is -0.0976. The van der Waals surface area contributed by atoms with Gasteiger partial charge in [-0.2, -0.15) is 0 Å². The summed E-state index contributed by atoms with van der Waals surface area (Å²) in [5.41, 5.74) is 2.28. The van der Waals surface area contributed by atoms with E-state index in [2.05, 4.69) is 4.98 Å². The first kappa shape index (κ1) is 10.7. The SMILES string of the molecule is Cc1cc(CO)nc2c(Cl)c(Cl)ccc12. The number of rotatable bonds is 1. The zero-order valence-electron chi connectivity index (χ0n) is 8.09. The number of nitrogens with zero attached hydrogens (tertiary/aromatic N) is 1. The summed E-state index contributed by atoms with van der Waals surface area (Å²) in [6, 6.07) is 5.47. The van der Waals surface area contributed by atoms with Gasteiger partial charge < -0.3 is 5.11 Å². The van der Waals surface area contributed by atoms with Gasteiger partial charge in [0.05, 0.1) is 27.9 Å². The number of aryl methyl sites for hydroxylation is 1. The number of aliphatic hydroxyl groups excluding tert-OH is 1. The van der Waals surface area contributed by atoms with Crippen LogP contribution in [0.25, 0.3) is 10.9 Å². The molecule has 1 aromatic carbocycles. The molecule has 0 aliphatic rings. The first-order valence-electron chi connectivity index (χ1n) is 4.48. The Morgan fingerprint density at radius 3 is 2.73 bits per heavy atom. The molecule has 2 nitrogen and oxygen atoms in total. The molecule has 1 aromatic heterocycles. The third kappa shape index (κ3) is 1.81. The van der Waals surface area contributed by atoms with Gasteiger partial charge in [-0.05, 0) is 24.6 Å². The van der Waals surface area contributed by atoms with Crippen LogP contribution in [0, 0.1) is 6.92 Å². The van der Waals surface area contributed by atoms with Crippen molar-refractivity contribution < 1.29 is 5.11 Å². The van der Waals surface area contributed by atoms with Crippen molar-refractivity contribution in [3.8, 4) is 0 Å². The minimum Gasteiger partial charge on any atom is -0.390 e. The van der Waals surface area contributed by atoms with E-state index in [0.717, 1.165) is 10.9 Å². The van der Waals surface area contributed by atoms with Crippen molar-refractivity contribution >= 4 is 34.1 Å². The predicted molar refractivity (Wildman–Crippen MR) is 62.4 cm³/mol. The van der Waals surface area contributed by atoms with E-state index < -0.39 is 0 Å². The van der Waals surface area contributed by atoms with Crippen LogP contribution in [0.2, 0.25) is 10.0 Å². The molecular formula is C11H9Cl2NO. The van der Waals surface area contributed by atoms with Gasteiger partial charge in [0.25, 0.3) is 0 Å². The van der Waals surface area contributed by atoms with Crippen molar-refractivity contribution in [3.05, 3.63) is 39.5 Å². The molecule has 0 amide bonds. The molecule has 0 spiro atoms. The second-order valence-corrected chi connectivity index (χ2v) is 4.13. The molecule has 0 saturated carbocycles. The van der Waals surface area contributed by atoms with E-state index in [-0.39, 0.29) is 6.61 Å². The number of hydrogen-bond acceptors (Lipinski definition) is 2. The normalized spacial score (nSPS) is 10.9. The first-order chi connectivity index (χ1) is 7.13. The molecule has 1 heterocycles.